The van der Waals surface area contributed by atoms with Gasteiger partial charge in [-0.1, -0.05) is 12.1 Å². The molecular formula is C16H15N3O7. The number of anilines is 1. The molecule has 2 amide bonds. The molecule has 0 radical (unpaired) electrons. The zero-order valence-electron chi connectivity index (χ0n) is 13.9. The molecule has 2 aromatic rings. The fourth-order valence-corrected chi connectivity index (χ4v) is 1.84. The van der Waals surface area contributed by atoms with Crippen LogP contribution in [0.2, 0.25) is 0 Å². The van der Waals surface area contributed by atoms with E-state index in [-0.39, 0.29) is 17.0 Å². The molecule has 10 nitrogen and oxygen atoms in total. The molecule has 0 aliphatic carbocycles. The van der Waals surface area contributed by atoms with Crippen LogP contribution < -0.4 is 5.32 Å². The summed E-state index contributed by atoms with van der Waals surface area (Å²) in [6.07, 6.45) is 0. The van der Waals surface area contributed by atoms with Gasteiger partial charge in [0.05, 0.1) is 17.3 Å². The second-order valence-electron chi connectivity index (χ2n) is 5.26. The standard InChI is InChI=1S/C16H15N3O7/c1-18(2)13(20)9-25-16(22)10-5-3-4-6-11(10)17-15(21)12-7-8-14(26-12)19(23)24/h3-8H,9H2,1-2H3,(H,17,21). The maximum absolute atomic E-state index is 12.1. The van der Waals surface area contributed by atoms with Crippen molar-refractivity contribution in [2.75, 3.05) is 26.0 Å². The van der Waals surface area contributed by atoms with Crippen LogP contribution >= 0.6 is 0 Å². The number of rotatable bonds is 6. The second-order valence-corrected chi connectivity index (χ2v) is 5.26. The largest absolute Gasteiger partial charge is 0.452 e. The molecule has 10 heteroatoms. The van der Waals surface area contributed by atoms with Gasteiger partial charge in [0, 0.05) is 14.1 Å². The fraction of sp³-hybridized carbons (Fsp3) is 0.188. The average molecular weight is 361 g/mol. The maximum Gasteiger partial charge on any atom is 0.433 e. The summed E-state index contributed by atoms with van der Waals surface area (Å²) in [5.74, 6) is -2.85. The van der Waals surface area contributed by atoms with E-state index in [2.05, 4.69) is 5.32 Å². The number of nitrogens with zero attached hydrogens (tertiary/aromatic N) is 2. The first-order valence-corrected chi connectivity index (χ1v) is 7.31. The summed E-state index contributed by atoms with van der Waals surface area (Å²) in [7, 11) is 3.04. The highest BCUT2D eigenvalue weighted by Crippen LogP contribution is 2.20. The molecule has 0 bridgehead atoms. The topological polar surface area (TPSA) is 132 Å². The van der Waals surface area contributed by atoms with Crippen molar-refractivity contribution in [3.05, 3.63) is 57.8 Å². The summed E-state index contributed by atoms with van der Waals surface area (Å²) in [6.45, 7) is -0.446. The molecule has 136 valence electrons. The molecule has 0 aliphatic rings. The Morgan fingerprint density at radius 2 is 1.88 bits per heavy atom. The Kier molecular flexibility index (Phi) is 5.68. The van der Waals surface area contributed by atoms with E-state index in [1.165, 1.54) is 31.1 Å². The van der Waals surface area contributed by atoms with Crippen LogP contribution in [0.5, 0.6) is 0 Å². The summed E-state index contributed by atoms with van der Waals surface area (Å²) in [5, 5.41) is 13.0. The molecule has 1 N–H and O–H groups in total. The molecule has 0 saturated heterocycles. The van der Waals surface area contributed by atoms with Gasteiger partial charge in [-0.2, -0.15) is 0 Å². The summed E-state index contributed by atoms with van der Waals surface area (Å²) in [6, 6.07) is 8.16. The number of hydrogen-bond donors (Lipinski definition) is 1. The Balaban J connectivity index is 2.12. The highest BCUT2D eigenvalue weighted by atomic mass is 16.6. The van der Waals surface area contributed by atoms with E-state index in [9.17, 15) is 24.5 Å². The van der Waals surface area contributed by atoms with Crippen LogP contribution in [0.3, 0.4) is 0 Å². The number of amides is 2. The van der Waals surface area contributed by atoms with Crippen LogP contribution in [0.4, 0.5) is 11.6 Å². The van der Waals surface area contributed by atoms with E-state index < -0.39 is 35.2 Å². The average Bonchev–Trinajstić information content (AvgIpc) is 3.10. The summed E-state index contributed by atoms with van der Waals surface area (Å²) in [5.41, 5.74) is 0.132. The number of ether oxygens (including phenoxy) is 1. The van der Waals surface area contributed by atoms with Gasteiger partial charge in [-0.3, -0.25) is 19.7 Å². The van der Waals surface area contributed by atoms with Gasteiger partial charge >= 0.3 is 11.9 Å². The van der Waals surface area contributed by atoms with Crippen LogP contribution in [-0.2, 0) is 9.53 Å². The highest BCUT2D eigenvalue weighted by Gasteiger charge is 2.20. The second kappa shape index (κ2) is 7.92. The predicted molar refractivity (Wildman–Crippen MR) is 88.7 cm³/mol. The molecule has 0 fully saturated rings. The number of carbonyl (C=O) groups excluding carboxylic acids is 3. The Morgan fingerprint density at radius 1 is 1.19 bits per heavy atom. The number of benzene rings is 1. The third-order valence-electron chi connectivity index (χ3n) is 3.22. The van der Waals surface area contributed by atoms with Gasteiger partial charge < -0.3 is 19.4 Å². The van der Waals surface area contributed by atoms with Gasteiger partial charge in [0.25, 0.3) is 11.8 Å². The fourth-order valence-electron chi connectivity index (χ4n) is 1.84. The lowest BCUT2D eigenvalue weighted by Crippen LogP contribution is -2.27. The van der Waals surface area contributed by atoms with Crippen LogP contribution in [0, 0.1) is 10.1 Å². The summed E-state index contributed by atoms with van der Waals surface area (Å²) < 4.78 is 9.73. The number of furan rings is 1. The zero-order valence-corrected chi connectivity index (χ0v) is 13.9. The number of para-hydroxylation sites is 1. The molecule has 0 unspecified atom stereocenters. The number of esters is 1. The smallest absolute Gasteiger partial charge is 0.433 e. The van der Waals surface area contributed by atoms with Gasteiger partial charge in [-0.05, 0) is 18.2 Å². The van der Waals surface area contributed by atoms with E-state index in [0.29, 0.717) is 0 Å². The Hall–Kier alpha value is -3.69. The third-order valence-corrected chi connectivity index (χ3v) is 3.22. The van der Waals surface area contributed by atoms with Crippen molar-refractivity contribution >= 4 is 29.4 Å². The molecule has 0 aliphatic heterocycles. The number of hydrogen-bond acceptors (Lipinski definition) is 7. The molecular weight excluding hydrogens is 346 g/mol. The van der Waals surface area contributed by atoms with Gasteiger partial charge in [0.2, 0.25) is 0 Å². The Morgan fingerprint density at radius 3 is 2.50 bits per heavy atom. The number of likely N-dealkylation sites (N-methyl/N-ethyl adjacent to an activating group) is 1. The minimum Gasteiger partial charge on any atom is -0.452 e. The number of nitrogens with one attached hydrogen (secondary N) is 1. The molecule has 1 heterocycles. The van der Waals surface area contributed by atoms with Gasteiger partial charge in [0.1, 0.15) is 4.92 Å². The maximum atomic E-state index is 12.1. The first kappa shape index (κ1) is 18.6. The molecule has 26 heavy (non-hydrogen) atoms. The van der Waals surface area contributed by atoms with E-state index in [0.717, 1.165) is 12.1 Å². The molecule has 2 rings (SSSR count). The van der Waals surface area contributed by atoms with Crippen molar-refractivity contribution < 1.29 is 28.5 Å². The van der Waals surface area contributed by atoms with Crippen molar-refractivity contribution in [1.82, 2.24) is 4.90 Å². The number of carbonyl (C=O) groups is 3. The minimum absolute atomic E-state index is 0.0217. The van der Waals surface area contributed by atoms with E-state index in [1.54, 1.807) is 12.1 Å². The van der Waals surface area contributed by atoms with Crippen LogP contribution in [0.1, 0.15) is 20.9 Å². The van der Waals surface area contributed by atoms with E-state index >= 15 is 0 Å². The van der Waals surface area contributed by atoms with Crippen LogP contribution in [-0.4, -0.2) is 48.3 Å². The molecule has 0 saturated carbocycles. The Labute approximate surface area is 147 Å². The minimum atomic E-state index is -0.804. The van der Waals surface area contributed by atoms with Crippen molar-refractivity contribution in [1.29, 1.82) is 0 Å². The summed E-state index contributed by atoms with van der Waals surface area (Å²) >= 11 is 0. The summed E-state index contributed by atoms with van der Waals surface area (Å²) in [4.78, 5) is 46.9. The Bertz CT molecular complexity index is 857. The van der Waals surface area contributed by atoms with Crippen molar-refractivity contribution in [3.63, 3.8) is 0 Å². The first-order chi connectivity index (χ1) is 12.3. The predicted octanol–water partition coefficient (Wildman–Crippen LogP) is 1.69. The van der Waals surface area contributed by atoms with Crippen LogP contribution in [0.15, 0.2) is 40.8 Å². The molecule has 1 aromatic carbocycles. The van der Waals surface area contributed by atoms with Gasteiger partial charge in [-0.15, -0.1) is 0 Å². The van der Waals surface area contributed by atoms with E-state index in [1.807, 2.05) is 0 Å². The number of nitro groups is 1. The van der Waals surface area contributed by atoms with Gasteiger partial charge in [0.15, 0.2) is 12.4 Å². The molecule has 0 atom stereocenters. The zero-order chi connectivity index (χ0) is 19.3. The monoisotopic (exact) mass is 361 g/mol. The van der Waals surface area contributed by atoms with Crippen molar-refractivity contribution in [3.8, 4) is 0 Å². The van der Waals surface area contributed by atoms with Crippen molar-refractivity contribution in [2.24, 2.45) is 0 Å². The SMILES string of the molecule is CN(C)C(=O)COC(=O)c1ccccc1NC(=O)c1ccc([N+](=O)[O-])o1. The third kappa shape index (κ3) is 4.44. The normalized spacial score (nSPS) is 10.1. The molecule has 1 aromatic heterocycles. The lowest BCUT2D eigenvalue weighted by Gasteiger charge is -2.12. The molecule has 0 spiro atoms. The lowest BCUT2D eigenvalue weighted by molar-refractivity contribution is -0.402. The van der Waals surface area contributed by atoms with Crippen LogP contribution in [0.25, 0.3) is 0 Å². The first-order valence-electron chi connectivity index (χ1n) is 7.31. The van der Waals surface area contributed by atoms with E-state index in [4.69, 9.17) is 9.15 Å². The van der Waals surface area contributed by atoms with Crippen molar-refractivity contribution in [2.45, 2.75) is 0 Å². The quantitative estimate of drug-likeness (QED) is 0.470. The van der Waals surface area contributed by atoms with Gasteiger partial charge in [-0.25, -0.2) is 4.79 Å². The lowest BCUT2D eigenvalue weighted by atomic mass is 10.1. The highest BCUT2D eigenvalue weighted by molar-refractivity contribution is 6.07.